The van der Waals surface area contributed by atoms with Gasteiger partial charge in [-0.25, -0.2) is 4.99 Å². The lowest BCUT2D eigenvalue weighted by Crippen LogP contribution is -2.13. The first-order chi connectivity index (χ1) is 14.4. The van der Waals surface area contributed by atoms with Crippen molar-refractivity contribution in [3.8, 4) is 11.3 Å². The summed E-state index contributed by atoms with van der Waals surface area (Å²) in [7, 11) is 0. The van der Waals surface area contributed by atoms with Crippen LogP contribution in [0, 0.1) is 5.41 Å². The third-order valence-corrected chi connectivity index (χ3v) is 4.99. The van der Waals surface area contributed by atoms with E-state index >= 15 is 0 Å². The Hall–Kier alpha value is -3.29. The van der Waals surface area contributed by atoms with Gasteiger partial charge < -0.3 is 17.2 Å². The molecule has 0 saturated heterocycles. The fourth-order valence-electron chi connectivity index (χ4n) is 2.95. The minimum atomic E-state index is -0.0797. The van der Waals surface area contributed by atoms with Crippen LogP contribution < -0.4 is 17.2 Å². The largest absolute Gasteiger partial charge is 0.404 e. The lowest BCUT2D eigenvalue weighted by molar-refractivity contribution is 1.18. The first-order valence-corrected chi connectivity index (χ1v) is 9.84. The number of benzene rings is 2. The molecule has 0 spiro atoms. The number of nitrogens with zero attached hydrogens (tertiary/aromatic N) is 2. The molecular formula is C22H21ClN6S. The van der Waals surface area contributed by atoms with E-state index in [4.69, 9.17) is 34.2 Å². The van der Waals surface area contributed by atoms with Crippen LogP contribution in [0.3, 0.4) is 0 Å². The van der Waals surface area contributed by atoms with Crippen molar-refractivity contribution >= 4 is 41.6 Å². The molecule has 0 aliphatic carbocycles. The van der Waals surface area contributed by atoms with Gasteiger partial charge >= 0.3 is 0 Å². The highest BCUT2D eigenvalue weighted by Crippen LogP contribution is 2.32. The molecule has 0 atom stereocenters. The van der Waals surface area contributed by atoms with Crippen LogP contribution in [-0.2, 0) is 6.42 Å². The summed E-state index contributed by atoms with van der Waals surface area (Å²) in [6, 6.07) is 15.0. The molecule has 0 saturated carbocycles. The molecule has 0 radical (unpaired) electrons. The number of nitrogens with one attached hydrogen (secondary N) is 1. The summed E-state index contributed by atoms with van der Waals surface area (Å²) in [5.74, 6) is 0.0260. The smallest absolute Gasteiger partial charge is 0.156 e. The van der Waals surface area contributed by atoms with E-state index in [1.54, 1.807) is 24.4 Å². The van der Waals surface area contributed by atoms with Gasteiger partial charge in [-0.05, 0) is 66.2 Å². The van der Waals surface area contributed by atoms with E-state index in [0.717, 1.165) is 21.6 Å². The van der Waals surface area contributed by atoms with E-state index in [2.05, 4.69) is 22.6 Å². The van der Waals surface area contributed by atoms with Crippen LogP contribution in [0.25, 0.3) is 11.3 Å². The van der Waals surface area contributed by atoms with E-state index in [-0.39, 0.29) is 11.7 Å². The van der Waals surface area contributed by atoms with Gasteiger partial charge in [0.15, 0.2) is 5.84 Å². The molecule has 0 fully saturated rings. The summed E-state index contributed by atoms with van der Waals surface area (Å²) in [4.78, 5) is 9.35. The number of nitrogen functional groups attached to an aromatic ring is 1. The van der Waals surface area contributed by atoms with Crippen LogP contribution in [0.1, 0.15) is 16.7 Å². The lowest BCUT2D eigenvalue weighted by atomic mass is 9.95. The summed E-state index contributed by atoms with van der Waals surface area (Å²) < 4.78 is 0. The minimum absolute atomic E-state index is 0.0797. The molecule has 7 N–H and O–H groups in total. The van der Waals surface area contributed by atoms with Crippen molar-refractivity contribution in [3.05, 3.63) is 88.7 Å². The number of hydrogen-bond acceptors (Lipinski definition) is 5. The second-order valence-electron chi connectivity index (χ2n) is 6.52. The summed E-state index contributed by atoms with van der Waals surface area (Å²) in [6.07, 6.45) is 4.89. The van der Waals surface area contributed by atoms with Crippen molar-refractivity contribution in [2.75, 3.05) is 5.73 Å². The Labute approximate surface area is 185 Å². The van der Waals surface area contributed by atoms with Crippen LogP contribution >= 0.6 is 24.2 Å². The SMILES string of the molecule is N=C(N=C(N)/C=C\N)c1cc(-c2ncccc2Cl)cc(Cc2ccc(S)cc2)c1N. The molecule has 0 aliphatic heterocycles. The van der Waals surface area contributed by atoms with Gasteiger partial charge in [0, 0.05) is 27.9 Å². The van der Waals surface area contributed by atoms with E-state index in [1.165, 1.54) is 12.3 Å². The molecule has 3 aromatic rings. The molecule has 0 bridgehead atoms. The molecule has 0 amide bonds. The standard InChI is InChI=1S/C22H21ClN6S/c23-18-2-1-9-28-21(18)15-11-14(10-13-3-5-16(30)6-4-13)20(26)17(12-15)22(27)29-19(25)7-8-24/h1-9,11-12,30H,10,24,26H2,(H3,25,27,29)/b8-7-. The molecule has 1 aromatic heterocycles. The van der Waals surface area contributed by atoms with Gasteiger partial charge in [-0.15, -0.1) is 12.6 Å². The zero-order chi connectivity index (χ0) is 21.7. The number of hydrogen-bond donors (Lipinski definition) is 5. The van der Waals surface area contributed by atoms with E-state index in [1.807, 2.05) is 30.3 Å². The third kappa shape index (κ3) is 5.00. The highest BCUT2D eigenvalue weighted by Gasteiger charge is 2.16. The Morgan fingerprint density at radius 3 is 2.60 bits per heavy atom. The number of aliphatic imine (C=N–C) groups is 1. The molecule has 3 rings (SSSR count). The zero-order valence-electron chi connectivity index (χ0n) is 16.0. The zero-order valence-corrected chi connectivity index (χ0v) is 17.7. The average molecular weight is 437 g/mol. The van der Waals surface area contributed by atoms with Crippen molar-refractivity contribution in [1.82, 2.24) is 4.98 Å². The Morgan fingerprint density at radius 2 is 1.93 bits per heavy atom. The Balaban J connectivity index is 2.14. The molecule has 8 heteroatoms. The first kappa shape index (κ1) is 21.4. The van der Waals surface area contributed by atoms with Gasteiger partial charge in [-0.3, -0.25) is 10.4 Å². The van der Waals surface area contributed by atoms with Gasteiger partial charge in [0.25, 0.3) is 0 Å². The lowest BCUT2D eigenvalue weighted by Gasteiger charge is -2.14. The van der Waals surface area contributed by atoms with Crippen molar-refractivity contribution in [2.45, 2.75) is 11.3 Å². The fraction of sp³-hybridized carbons (Fsp3) is 0.0455. The molecular weight excluding hydrogens is 416 g/mol. The van der Waals surface area contributed by atoms with Gasteiger partial charge in [0.1, 0.15) is 5.84 Å². The molecule has 0 aliphatic rings. The van der Waals surface area contributed by atoms with Gasteiger partial charge in [-0.2, -0.15) is 0 Å². The number of nitrogens with two attached hydrogens (primary N) is 3. The number of rotatable bonds is 5. The molecule has 0 unspecified atom stereocenters. The van der Waals surface area contributed by atoms with Crippen molar-refractivity contribution in [2.24, 2.45) is 16.5 Å². The van der Waals surface area contributed by atoms with Gasteiger partial charge in [0.05, 0.1) is 10.7 Å². The minimum Gasteiger partial charge on any atom is -0.404 e. The highest BCUT2D eigenvalue weighted by molar-refractivity contribution is 7.80. The average Bonchev–Trinajstić information content (AvgIpc) is 2.71. The van der Waals surface area contributed by atoms with Crippen LogP contribution in [0.2, 0.25) is 5.02 Å². The third-order valence-electron chi connectivity index (χ3n) is 4.39. The Morgan fingerprint density at radius 1 is 1.20 bits per heavy atom. The van der Waals surface area contributed by atoms with Crippen LogP contribution in [0.5, 0.6) is 0 Å². The van der Waals surface area contributed by atoms with E-state index in [9.17, 15) is 0 Å². The maximum atomic E-state index is 8.41. The van der Waals surface area contributed by atoms with Crippen molar-refractivity contribution in [1.29, 1.82) is 5.41 Å². The normalized spacial score (nSPS) is 11.7. The van der Waals surface area contributed by atoms with E-state index < -0.39 is 0 Å². The maximum Gasteiger partial charge on any atom is 0.156 e. The summed E-state index contributed by atoms with van der Waals surface area (Å²) in [5, 5.41) is 8.91. The monoisotopic (exact) mass is 436 g/mol. The summed E-state index contributed by atoms with van der Waals surface area (Å²) in [5.41, 5.74) is 21.6. The molecule has 2 aromatic carbocycles. The van der Waals surface area contributed by atoms with E-state index in [0.29, 0.717) is 28.4 Å². The van der Waals surface area contributed by atoms with Gasteiger partial charge in [0.2, 0.25) is 0 Å². The Kier molecular flexibility index (Phi) is 6.76. The number of amidine groups is 2. The predicted octanol–water partition coefficient (Wildman–Crippen LogP) is 4.02. The summed E-state index contributed by atoms with van der Waals surface area (Å²) in [6.45, 7) is 0. The highest BCUT2D eigenvalue weighted by atomic mass is 35.5. The second kappa shape index (κ2) is 9.47. The van der Waals surface area contributed by atoms with Gasteiger partial charge in [-0.1, -0.05) is 23.7 Å². The number of pyridine rings is 1. The molecule has 6 nitrogen and oxygen atoms in total. The van der Waals surface area contributed by atoms with Crippen LogP contribution in [0.15, 0.2) is 76.9 Å². The molecule has 152 valence electrons. The second-order valence-corrected chi connectivity index (χ2v) is 7.44. The number of halogens is 1. The number of anilines is 1. The molecule has 30 heavy (non-hydrogen) atoms. The van der Waals surface area contributed by atoms with Crippen LogP contribution in [0.4, 0.5) is 5.69 Å². The van der Waals surface area contributed by atoms with Crippen molar-refractivity contribution < 1.29 is 0 Å². The predicted molar refractivity (Wildman–Crippen MR) is 127 cm³/mol. The maximum absolute atomic E-state index is 8.41. The number of thiol groups is 1. The quantitative estimate of drug-likeness (QED) is 0.179. The first-order valence-electron chi connectivity index (χ1n) is 9.01. The number of aromatic nitrogens is 1. The summed E-state index contributed by atoms with van der Waals surface area (Å²) >= 11 is 10.7. The Bertz CT molecular complexity index is 1140. The fourth-order valence-corrected chi connectivity index (χ4v) is 3.33. The topological polar surface area (TPSA) is 127 Å². The van der Waals surface area contributed by atoms with Crippen molar-refractivity contribution in [3.63, 3.8) is 0 Å². The van der Waals surface area contributed by atoms with Crippen LogP contribution in [-0.4, -0.2) is 16.7 Å². The molecule has 1 heterocycles.